The standard InChI is InChI=1S/C17H30N4O3/c1-7-20-12-14(10-19-20)21(11-13(2)3)15(22)8-9-18-16(23)24-17(4,5)6/h10,12-13H,7-9,11H2,1-6H3,(H,18,23). The van der Waals surface area contributed by atoms with E-state index in [9.17, 15) is 9.59 Å². The van der Waals surface area contributed by atoms with Gasteiger partial charge in [-0.1, -0.05) is 13.8 Å². The van der Waals surface area contributed by atoms with Gasteiger partial charge in [-0.3, -0.25) is 9.48 Å². The number of ether oxygens (including phenoxy) is 1. The number of nitrogens with zero attached hydrogens (tertiary/aromatic N) is 3. The molecule has 1 N–H and O–H groups in total. The zero-order chi connectivity index (χ0) is 18.3. The van der Waals surface area contributed by atoms with E-state index >= 15 is 0 Å². The van der Waals surface area contributed by atoms with Crippen molar-refractivity contribution in [3.05, 3.63) is 12.4 Å². The van der Waals surface area contributed by atoms with Crippen LogP contribution in [-0.2, 0) is 16.1 Å². The number of carbonyl (C=O) groups is 2. The van der Waals surface area contributed by atoms with Crippen LogP contribution < -0.4 is 10.2 Å². The molecule has 0 aliphatic heterocycles. The summed E-state index contributed by atoms with van der Waals surface area (Å²) in [5.41, 5.74) is 0.236. The summed E-state index contributed by atoms with van der Waals surface area (Å²) >= 11 is 0. The normalized spacial score (nSPS) is 11.5. The fourth-order valence-corrected chi connectivity index (χ4v) is 2.10. The third-order valence-corrected chi connectivity index (χ3v) is 3.11. The highest BCUT2D eigenvalue weighted by atomic mass is 16.6. The highest BCUT2D eigenvalue weighted by molar-refractivity contribution is 5.93. The fourth-order valence-electron chi connectivity index (χ4n) is 2.10. The predicted octanol–water partition coefficient (Wildman–Crippen LogP) is 2.81. The molecule has 0 spiro atoms. The van der Waals surface area contributed by atoms with Crippen molar-refractivity contribution < 1.29 is 14.3 Å². The molecule has 0 bridgehead atoms. The average Bonchev–Trinajstić information content (AvgIpc) is 2.91. The fraction of sp³-hybridized carbons (Fsp3) is 0.706. The Hall–Kier alpha value is -2.05. The Kier molecular flexibility index (Phi) is 7.25. The van der Waals surface area contributed by atoms with Gasteiger partial charge in [0.1, 0.15) is 5.60 Å². The maximum absolute atomic E-state index is 12.5. The van der Waals surface area contributed by atoms with E-state index in [0.717, 1.165) is 12.2 Å². The lowest BCUT2D eigenvalue weighted by molar-refractivity contribution is -0.118. The minimum atomic E-state index is -0.549. The van der Waals surface area contributed by atoms with E-state index in [4.69, 9.17) is 4.74 Å². The van der Waals surface area contributed by atoms with Gasteiger partial charge in [0, 0.05) is 32.3 Å². The first-order valence-corrected chi connectivity index (χ1v) is 8.42. The molecule has 0 fully saturated rings. The van der Waals surface area contributed by atoms with Gasteiger partial charge in [0.2, 0.25) is 5.91 Å². The predicted molar refractivity (Wildman–Crippen MR) is 93.9 cm³/mol. The number of amides is 2. The lowest BCUT2D eigenvalue weighted by Crippen LogP contribution is -2.38. The number of aromatic nitrogens is 2. The molecular weight excluding hydrogens is 308 g/mol. The summed E-state index contributed by atoms with van der Waals surface area (Å²) in [5.74, 6) is 0.285. The molecule has 7 nitrogen and oxygen atoms in total. The highest BCUT2D eigenvalue weighted by Gasteiger charge is 2.20. The Morgan fingerprint density at radius 3 is 2.54 bits per heavy atom. The Labute approximate surface area is 144 Å². The summed E-state index contributed by atoms with van der Waals surface area (Å²) in [6.45, 7) is 13.1. The maximum Gasteiger partial charge on any atom is 0.407 e. The van der Waals surface area contributed by atoms with Crippen molar-refractivity contribution in [2.45, 2.75) is 60.1 Å². The van der Waals surface area contributed by atoms with Gasteiger partial charge in [0.15, 0.2) is 0 Å². The monoisotopic (exact) mass is 338 g/mol. The van der Waals surface area contributed by atoms with Gasteiger partial charge in [-0.2, -0.15) is 5.10 Å². The molecule has 2 amide bonds. The number of hydrogen-bond donors (Lipinski definition) is 1. The summed E-state index contributed by atoms with van der Waals surface area (Å²) in [6.07, 6.45) is 3.26. The second kappa shape index (κ2) is 8.70. The van der Waals surface area contributed by atoms with Gasteiger partial charge in [0.25, 0.3) is 0 Å². The minimum Gasteiger partial charge on any atom is -0.444 e. The van der Waals surface area contributed by atoms with Crippen molar-refractivity contribution in [1.82, 2.24) is 15.1 Å². The number of hydrogen-bond acceptors (Lipinski definition) is 4. The zero-order valence-corrected chi connectivity index (χ0v) is 15.6. The molecule has 1 heterocycles. The molecule has 24 heavy (non-hydrogen) atoms. The minimum absolute atomic E-state index is 0.0459. The number of alkyl carbamates (subject to hydrolysis) is 1. The lowest BCUT2D eigenvalue weighted by Gasteiger charge is -2.23. The molecule has 7 heteroatoms. The van der Waals surface area contributed by atoms with Gasteiger partial charge in [0.05, 0.1) is 11.9 Å². The van der Waals surface area contributed by atoms with E-state index in [1.54, 1.807) is 36.5 Å². The topological polar surface area (TPSA) is 76.5 Å². The number of anilines is 1. The first-order valence-electron chi connectivity index (χ1n) is 8.42. The molecule has 1 rings (SSSR count). The summed E-state index contributed by atoms with van der Waals surface area (Å²) in [5, 5.41) is 6.84. The van der Waals surface area contributed by atoms with Crippen LogP contribution in [0, 0.1) is 5.92 Å². The van der Waals surface area contributed by atoms with E-state index in [2.05, 4.69) is 24.3 Å². The maximum atomic E-state index is 12.5. The largest absolute Gasteiger partial charge is 0.444 e. The van der Waals surface area contributed by atoms with Crippen LogP contribution in [0.3, 0.4) is 0 Å². The first kappa shape index (κ1) is 20.0. The SMILES string of the molecule is CCn1cc(N(CC(C)C)C(=O)CCNC(=O)OC(C)(C)C)cn1. The Morgan fingerprint density at radius 2 is 2.04 bits per heavy atom. The van der Waals surface area contributed by atoms with Crippen LogP contribution in [0.2, 0.25) is 0 Å². The van der Waals surface area contributed by atoms with Crippen molar-refractivity contribution in [1.29, 1.82) is 0 Å². The van der Waals surface area contributed by atoms with Crippen LogP contribution >= 0.6 is 0 Å². The van der Waals surface area contributed by atoms with Crippen LogP contribution in [0.5, 0.6) is 0 Å². The third-order valence-electron chi connectivity index (χ3n) is 3.11. The van der Waals surface area contributed by atoms with Crippen LogP contribution in [0.1, 0.15) is 48.0 Å². The molecule has 0 unspecified atom stereocenters. The van der Waals surface area contributed by atoms with Gasteiger partial charge >= 0.3 is 6.09 Å². The first-order chi connectivity index (χ1) is 11.1. The summed E-state index contributed by atoms with van der Waals surface area (Å²) in [6, 6.07) is 0. The Morgan fingerprint density at radius 1 is 1.38 bits per heavy atom. The Balaban J connectivity index is 2.61. The summed E-state index contributed by atoms with van der Waals surface area (Å²) in [4.78, 5) is 25.9. The number of carbonyl (C=O) groups excluding carboxylic acids is 2. The lowest BCUT2D eigenvalue weighted by atomic mass is 10.2. The highest BCUT2D eigenvalue weighted by Crippen LogP contribution is 2.16. The molecule has 0 saturated carbocycles. The third kappa shape index (κ3) is 7.02. The second-order valence-corrected chi connectivity index (χ2v) is 7.13. The number of aryl methyl sites for hydroxylation is 1. The van der Waals surface area contributed by atoms with Crippen molar-refractivity contribution in [2.75, 3.05) is 18.0 Å². The van der Waals surface area contributed by atoms with Crippen molar-refractivity contribution in [3.8, 4) is 0 Å². The summed E-state index contributed by atoms with van der Waals surface area (Å²) < 4.78 is 6.95. The van der Waals surface area contributed by atoms with Gasteiger partial charge in [-0.05, 0) is 33.6 Å². The number of rotatable bonds is 7. The molecular formula is C17H30N4O3. The van der Waals surface area contributed by atoms with Crippen LogP contribution in [0.25, 0.3) is 0 Å². The molecule has 0 atom stereocenters. The van der Waals surface area contributed by atoms with Gasteiger partial charge < -0.3 is 15.0 Å². The van der Waals surface area contributed by atoms with E-state index < -0.39 is 11.7 Å². The van der Waals surface area contributed by atoms with E-state index in [1.165, 1.54) is 0 Å². The molecule has 1 aromatic rings. The van der Waals surface area contributed by atoms with Crippen molar-refractivity contribution in [2.24, 2.45) is 5.92 Å². The van der Waals surface area contributed by atoms with E-state index in [0.29, 0.717) is 12.5 Å². The van der Waals surface area contributed by atoms with Crippen molar-refractivity contribution >= 4 is 17.7 Å². The molecule has 0 saturated heterocycles. The summed E-state index contributed by atoms with van der Waals surface area (Å²) in [7, 11) is 0. The van der Waals surface area contributed by atoms with Gasteiger partial charge in [-0.15, -0.1) is 0 Å². The molecule has 0 radical (unpaired) electrons. The molecule has 136 valence electrons. The quantitative estimate of drug-likeness (QED) is 0.829. The molecule has 0 aromatic carbocycles. The van der Waals surface area contributed by atoms with E-state index in [1.807, 2.05) is 13.1 Å². The van der Waals surface area contributed by atoms with Gasteiger partial charge in [-0.25, -0.2) is 4.79 Å². The van der Waals surface area contributed by atoms with Crippen molar-refractivity contribution in [3.63, 3.8) is 0 Å². The Bertz CT molecular complexity index is 546. The van der Waals surface area contributed by atoms with Crippen LogP contribution in [0.4, 0.5) is 10.5 Å². The molecule has 0 aliphatic carbocycles. The van der Waals surface area contributed by atoms with E-state index in [-0.39, 0.29) is 18.9 Å². The molecule has 0 aliphatic rings. The number of nitrogens with one attached hydrogen (secondary N) is 1. The van der Waals surface area contributed by atoms with Crippen LogP contribution in [0.15, 0.2) is 12.4 Å². The molecule has 1 aromatic heterocycles. The average molecular weight is 338 g/mol. The van der Waals surface area contributed by atoms with Crippen LogP contribution in [-0.4, -0.2) is 40.5 Å². The second-order valence-electron chi connectivity index (χ2n) is 7.13. The zero-order valence-electron chi connectivity index (χ0n) is 15.6. The smallest absolute Gasteiger partial charge is 0.407 e.